The van der Waals surface area contributed by atoms with Gasteiger partial charge in [-0.05, 0) is 53.1 Å². The maximum absolute atomic E-state index is 8.53. The predicted octanol–water partition coefficient (Wildman–Crippen LogP) is 10.9. The fourth-order valence-electron chi connectivity index (χ4n) is 5.41. The monoisotopic (exact) mass is 862 g/mol. The van der Waals surface area contributed by atoms with Crippen molar-refractivity contribution in [2.24, 2.45) is 0 Å². The molecule has 0 saturated carbocycles. The van der Waals surface area contributed by atoms with Gasteiger partial charge in [0.15, 0.2) is 0 Å². The zero-order valence-corrected chi connectivity index (χ0v) is 31.5. The Labute approximate surface area is 305 Å². The van der Waals surface area contributed by atoms with Crippen LogP contribution >= 0.6 is 0 Å². The van der Waals surface area contributed by atoms with E-state index in [-0.39, 0.29) is 36.8 Å². The molecule has 1 radical (unpaired) electrons. The molecule has 0 N–H and O–H groups in total. The van der Waals surface area contributed by atoms with Crippen molar-refractivity contribution in [1.82, 2.24) is 9.97 Å². The quantitative estimate of drug-likeness (QED) is 0.128. The number of aryl methyl sites for hydroxylation is 2. The van der Waals surface area contributed by atoms with Crippen molar-refractivity contribution in [3.8, 4) is 33.6 Å². The summed E-state index contributed by atoms with van der Waals surface area (Å²) < 4.78 is 64.8. The first-order valence-corrected chi connectivity index (χ1v) is 22.6. The molecule has 0 spiro atoms. The SMILES string of the molecule is [2H]C([2H])([2H])c1cnc(-c2[c-]ccc3c2oc2c(C([2H])([2H])[2H])c(-c4ccccc4)ccc23)cc1C([2H])(C)C.[CH3][Ge]([CH3])([CH3])[c]1ccc(-c2[c-]cccc2)nc1.[Ir]. The van der Waals surface area contributed by atoms with Crippen LogP contribution in [0.3, 0.4) is 0 Å². The van der Waals surface area contributed by atoms with Crippen LogP contribution in [-0.4, -0.2) is 23.2 Å². The zero-order chi connectivity index (χ0) is 38.3. The first-order valence-electron chi connectivity index (χ1n) is 18.7. The van der Waals surface area contributed by atoms with Crippen molar-refractivity contribution in [3.63, 3.8) is 0 Å². The van der Waals surface area contributed by atoms with E-state index in [2.05, 4.69) is 51.5 Å². The van der Waals surface area contributed by atoms with Gasteiger partial charge in [-0.25, -0.2) is 0 Å². The van der Waals surface area contributed by atoms with Crippen LogP contribution in [0.2, 0.25) is 17.3 Å². The molecule has 5 heteroatoms. The second kappa shape index (κ2) is 14.5. The van der Waals surface area contributed by atoms with E-state index >= 15 is 0 Å². The van der Waals surface area contributed by atoms with Gasteiger partial charge in [-0.3, -0.25) is 0 Å². The first kappa shape index (κ1) is 26.2. The maximum atomic E-state index is 8.53. The van der Waals surface area contributed by atoms with E-state index in [0.29, 0.717) is 38.7 Å². The molecule has 0 saturated heterocycles. The fourth-order valence-corrected chi connectivity index (χ4v) is 7.58. The Morgan fingerprint density at radius 3 is 2.19 bits per heavy atom. The van der Waals surface area contributed by atoms with E-state index in [1.807, 2.05) is 72.9 Å². The molecule has 239 valence electrons. The second-order valence-corrected chi connectivity index (χ2v) is 23.2. The summed E-state index contributed by atoms with van der Waals surface area (Å²) in [5.41, 5.74) is 5.40. The molecule has 0 amide bonds. The maximum Gasteiger partial charge on any atom is 0 e. The van der Waals surface area contributed by atoms with Gasteiger partial charge in [-0.15, -0.1) is 18.2 Å². The Bertz CT molecular complexity index is 2380. The van der Waals surface area contributed by atoms with E-state index in [1.54, 1.807) is 32.0 Å². The fraction of sp³-hybridized carbons (Fsp3) is 0.190. The largest absolute Gasteiger partial charge is 0 e. The molecule has 4 aromatic carbocycles. The summed E-state index contributed by atoms with van der Waals surface area (Å²) in [6.07, 6.45) is 3.32. The Morgan fingerprint density at radius 2 is 1.53 bits per heavy atom. The second-order valence-electron chi connectivity index (χ2n) is 12.5. The van der Waals surface area contributed by atoms with Crippen LogP contribution in [0.5, 0.6) is 0 Å². The Morgan fingerprint density at radius 1 is 0.766 bits per heavy atom. The average Bonchev–Trinajstić information content (AvgIpc) is 3.49. The summed E-state index contributed by atoms with van der Waals surface area (Å²) in [4.78, 5) is 8.93. The minimum absolute atomic E-state index is 0. The van der Waals surface area contributed by atoms with Crippen molar-refractivity contribution in [1.29, 1.82) is 0 Å². The molecule has 3 aromatic heterocycles. The molecular weight excluding hydrogens is 813 g/mol. The Balaban J connectivity index is 0.000000276. The molecule has 3 nitrogen and oxygen atoms in total. The minimum atomic E-state index is -2.44. The number of hydrogen-bond acceptors (Lipinski definition) is 3. The van der Waals surface area contributed by atoms with Crippen molar-refractivity contribution in [2.45, 2.75) is 50.7 Å². The molecule has 0 unspecified atom stereocenters. The van der Waals surface area contributed by atoms with E-state index in [9.17, 15) is 0 Å². The van der Waals surface area contributed by atoms with Gasteiger partial charge in [0.1, 0.15) is 5.58 Å². The van der Waals surface area contributed by atoms with E-state index in [0.717, 1.165) is 16.8 Å². The van der Waals surface area contributed by atoms with Crippen LogP contribution in [0.4, 0.5) is 0 Å². The standard InChI is InChI=1S/C28H24NO.C14H16GeN.Ir/c1-17(2)25-15-26(29-16-18(25)3)24-12-8-11-22-23-14-13-21(20-9-6-5-7-10-20)19(4)27(23)30-28(22)24;1-15(2,3)13-9-10-14(16-11-13)12-7-5-4-6-8-12;/h5-11,13-17H,1-4H3;4-7,9-11H,1-3H3;/q2*-1;/i3D3,4D3,17D;;. The summed E-state index contributed by atoms with van der Waals surface area (Å²) >= 11 is -1.72. The molecule has 0 aliphatic heterocycles. The molecule has 0 atom stereocenters. The summed E-state index contributed by atoms with van der Waals surface area (Å²) in [5.74, 6) is 5.95. The van der Waals surface area contributed by atoms with Gasteiger partial charge in [-0.1, -0.05) is 73.3 Å². The van der Waals surface area contributed by atoms with Crippen molar-refractivity contribution >= 4 is 39.6 Å². The Hall–Kier alpha value is -3.83. The van der Waals surface area contributed by atoms with E-state index < -0.39 is 32.9 Å². The number of hydrogen-bond donors (Lipinski definition) is 0. The van der Waals surface area contributed by atoms with Crippen LogP contribution in [0.25, 0.3) is 55.6 Å². The van der Waals surface area contributed by atoms with Crippen LogP contribution in [0, 0.1) is 25.8 Å². The number of furan rings is 1. The summed E-state index contributed by atoms with van der Waals surface area (Å²) in [6.45, 7) is -1.61. The van der Waals surface area contributed by atoms with Crippen LogP contribution in [0.1, 0.15) is 46.0 Å². The molecule has 0 bridgehead atoms. The third-order valence-corrected chi connectivity index (χ3v) is 12.3. The van der Waals surface area contributed by atoms with Crippen molar-refractivity contribution in [3.05, 3.63) is 138 Å². The van der Waals surface area contributed by atoms with Gasteiger partial charge in [0.2, 0.25) is 0 Å². The molecule has 3 heterocycles. The van der Waals surface area contributed by atoms with Crippen LogP contribution < -0.4 is 4.40 Å². The summed E-state index contributed by atoms with van der Waals surface area (Å²) in [5, 5.41) is 1.35. The van der Waals surface area contributed by atoms with Crippen LogP contribution in [0.15, 0.2) is 114 Å². The number of rotatable bonds is 5. The zero-order valence-electron chi connectivity index (χ0n) is 34.0. The van der Waals surface area contributed by atoms with Crippen molar-refractivity contribution in [2.75, 3.05) is 0 Å². The molecule has 0 aliphatic carbocycles. The molecule has 0 aliphatic rings. The number of nitrogens with zero attached hydrogens (tertiary/aromatic N) is 2. The molecule has 7 aromatic rings. The smallest absolute Gasteiger partial charge is 0 e. The Kier molecular flexibility index (Phi) is 8.08. The van der Waals surface area contributed by atoms with Gasteiger partial charge in [0, 0.05) is 41.3 Å². The summed E-state index contributed by atoms with van der Waals surface area (Å²) in [7, 11) is 0. The number of benzene rings is 4. The van der Waals surface area contributed by atoms with Gasteiger partial charge < -0.3 is 9.40 Å². The van der Waals surface area contributed by atoms with Gasteiger partial charge in [0.05, 0.1) is 5.58 Å². The third-order valence-electron chi connectivity index (χ3n) is 8.00. The normalized spacial score (nSPS) is 14.3. The van der Waals surface area contributed by atoms with Gasteiger partial charge in [-0.2, -0.15) is 0 Å². The first-order chi connectivity index (χ1) is 24.8. The molecule has 47 heavy (non-hydrogen) atoms. The average molecular weight is 861 g/mol. The predicted molar refractivity (Wildman–Crippen MR) is 196 cm³/mol. The topological polar surface area (TPSA) is 38.9 Å². The van der Waals surface area contributed by atoms with Gasteiger partial charge >= 0.3 is 99.8 Å². The third kappa shape index (κ3) is 7.36. The molecular formula is C42H40GeIrN2O-2. The van der Waals surface area contributed by atoms with Crippen LogP contribution in [-0.2, 0) is 20.1 Å². The number of fused-ring (bicyclic) bond motifs is 3. The molecule has 0 fully saturated rings. The summed E-state index contributed by atoms with van der Waals surface area (Å²) in [6, 6.07) is 36.7. The number of aromatic nitrogens is 2. The molecule has 7 rings (SSSR count). The van der Waals surface area contributed by atoms with E-state index in [1.165, 1.54) is 10.6 Å². The minimum Gasteiger partial charge on any atom is 0 e. The van der Waals surface area contributed by atoms with Crippen molar-refractivity contribution < 1.29 is 34.1 Å². The van der Waals surface area contributed by atoms with Gasteiger partial charge in [0.25, 0.3) is 0 Å². The number of pyridine rings is 2. The van der Waals surface area contributed by atoms with E-state index in [4.69, 9.17) is 14.0 Å².